The zero-order chi connectivity index (χ0) is 15.1. The van der Waals surface area contributed by atoms with Gasteiger partial charge in [0.05, 0.1) is 0 Å². The number of nitrogens with one attached hydrogen (secondary N) is 1. The molecule has 4 nitrogen and oxygen atoms in total. The van der Waals surface area contributed by atoms with Crippen LogP contribution >= 0.6 is 12.4 Å². The number of carbonyl (C=O) groups excluding carboxylic acids is 1. The highest BCUT2D eigenvalue weighted by atomic mass is 35.5. The molecule has 0 spiro atoms. The Labute approximate surface area is 142 Å². The summed E-state index contributed by atoms with van der Waals surface area (Å²) in [5.74, 6) is 1.48. The maximum Gasteiger partial charge on any atom is 0.222 e. The van der Waals surface area contributed by atoms with Crippen LogP contribution in [-0.2, 0) is 11.2 Å². The van der Waals surface area contributed by atoms with E-state index in [0.717, 1.165) is 31.4 Å². The standard InChI is InChI=1S/C18H23N3O.ClH/c19-16-4-3-14-10-21(11-15(14)16)18(22)6-2-12-1-5-17-13(9-12)7-8-20-17;/h1,5,7-9,14-16,20H,2-4,6,10-11,19H2;1H. The molecule has 124 valence electrons. The second-order valence-corrected chi connectivity index (χ2v) is 6.86. The van der Waals surface area contributed by atoms with Gasteiger partial charge in [-0.05, 0) is 60.2 Å². The lowest BCUT2D eigenvalue weighted by molar-refractivity contribution is -0.130. The predicted octanol–water partition coefficient (Wildman–Crippen LogP) is 2.72. The van der Waals surface area contributed by atoms with E-state index in [1.54, 1.807) is 0 Å². The fourth-order valence-corrected chi connectivity index (χ4v) is 4.18. The highest BCUT2D eigenvalue weighted by Crippen LogP contribution is 2.37. The summed E-state index contributed by atoms with van der Waals surface area (Å²) < 4.78 is 0. The maximum atomic E-state index is 12.4. The number of aryl methyl sites for hydroxylation is 1. The van der Waals surface area contributed by atoms with E-state index < -0.39 is 0 Å². The van der Waals surface area contributed by atoms with Crippen molar-refractivity contribution < 1.29 is 4.79 Å². The average molecular weight is 334 g/mol. The highest BCUT2D eigenvalue weighted by Gasteiger charge is 2.42. The first-order valence-corrected chi connectivity index (χ1v) is 8.30. The van der Waals surface area contributed by atoms with Gasteiger partial charge in [-0.15, -0.1) is 12.4 Å². The third-order valence-corrected chi connectivity index (χ3v) is 5.51. The lowest BCUT2D eigenvalue weighted by Gasteiger charge is -2.18. The average Bonchev–Trinajstić information content (AvgIpc) is 3.21. The molecule has 1 amide bonds. The van der Waals surface area contributed by atoms with E-state index in [1.165, 1.54) is 17.4 Å². The van der Waals surface area contributed by atoms with Gasteiger partial charge in [0.25, 0.3) is 0 Å². The van der Waals surface area contributed by atoms with Crippen LogP contribution in [0.5, 0.6) is 0 Å². The first kappa shape index (κ1) is 16.3. The normalized spacial score (nSPS) is 26.3. The number of likely N-dealkylation sites (tertiary alicyclic amines) is 1. The number of H-pyrrole nitrogens is 1. The van der Waals surface area contributed by atoms with E-state index in [1.807, 2.05) is 11.1 Å². The third-order valence-electron chi connectivity index (χ3n) is 5.51. The Morgan fingerprint density at radius 2 is 2.13 bits per heavy atom. The molecule has 2 aromatic rings. The first-order valence-electron chi connectivity index (χ1n) is 8.30. The monoisotopic (exact) mass is 333 g/mol. The van der Waals surface area contributed by atoms with Crippen LogP contribution in [0.1, 0.15) is 24.8 Å². The molecule has 1 aliphatic heterocycles. The molecule has 2 aliphatic rings. The van der Waals surface area contributed by atoms with E-state index in [2.05, 4.69) is 29.2 Å². The van der Waals surface area contributed by atoms with Crippen LogP contribution in [0.4, 0.5) is 0 Å². The summed E-state index contributed by atoms with van der Waals surface area (Å²) >= 11 is 0. The Morgan fingerprint density at radius 1 is 1.26 bits per heavy atom. The number of halogens is 1. The zero-order valence-corrected chi connectivity index (χ0v) is 14.0. The van der Waals surface area contributed by atoms with Crippen molar-refractivity contribution in [2.75, 3.05) is 13.1 Å². The molecule has 3 N–H and O–H groups in total. The number of aromatic amines is 1. The second-order valence-electron chi connectivity index (χ2n) is 6.86. The molecule has 1 aromatic heterocycles. The molecule has 3 atom stereocenters. The van der Waals surface area contributed by atoms with E-state index in [9.17, 15) is 4.79 Å². The fraction of sp³-hybridized carbons (Fsp3) is 0.500. The number of carbonyl (C=O) groups is 1. The summed E-state index contributed by atoms with van der Waals surface area (Å²) in [6.07, 6.45) is 5.70. The first-order chi connectivity index (χ1) is 10.7. The SMILES string of the molecule is Cl.NC1CCC2CN(C(=O)CCc3ccc4[nH]ccc4c3)CC12. The van der Waals surface area contributed by atoms with Crippen LogP contribution in [0, 0.1) is 11.8 Å². The van der Waals surface area contributed by atoms with Crippen molar-refractivity contribution in [1.29, 1.82) is 0 Å². The smallest absolute Gasteiger partial charge is 0.222 e. The lowest BCUT2D eigenvalue weighted by atomic mass is 9.98. The zero-order valence-electron chi connectivity index (χ0n) is 13.2. The molecule has 1 aromatic carbocycles. The van der Waals surface area contributed by atoms with Crippen LogP contribution < -0.4 is 5.73 Å². The predicted molar refractivity (Wildman–Crippen MR) is 94.6 cm³/mol. The number of fused-ring (bicyclic) bond motifs is 2. The molecule has 1 saturated heterocycles. The van der Waals surface area contributed by atoms with Crippen molar-refractivity contribution in [3.05, 3.63) is 36.0 Å². The van der Waals surface area contributed by atoms with Gasteiger partial charge in [-0.25, -0.2) is 0 Å². The number of rotatable bonds is 3. The number of aromatic nitrogens is 1. The minimum atomic E-state index is 0. The summed E-state index contributed by atoms with van der Waals surface area (Å²) in [5, 5.41) is 1.21. The Hall–Kier alpha value is -1.52. The summed E-state index contributed by atoms with van der Waals surface area (Å²) in [6, 6.07) is 8.76. The van der Waals surface area contributed by atoms with Crippen LogP contribution in [0.3, 0.4) is 0 Å². The van der Waals surface area contributed by atoms with Gasteiger partial charge in [-0.1, -0.05) is 6.07 Å². The van der Waals surface area contributed by atoms with Gasteiger partial charge in [-0.2, -0.15) is 0 Å². The molecule has 5 heteroatoms. The van der Waals surface area contributed by atoms with Crippen molar-refractivity contribution in [2.24, 2.45) is 17.6 Å². The maximum absolute atomic E-state index is 12.4. The third kappa shape index (κ3) is 3.10. The quantitative estimate of drug-likeness (QED) is 0.907. The van der Waals surface area contributed by atoms with Crippen molar-refractivity contribution in [3.8, 4) is 0 Å². The number of amides is 1. The molecule has 4 rings (SSSR count). The fourth-order valence-electron chi connectivity index (χ4n) is 4.18. The van der Waals surface area contributed by atoms with Gasteiger partial charge in [0.1, 0.15) is 0 Å². The van der Waals surface area contributed by atoms with Gasteiger partial charge in [0.2, 0.25) is 5.91 Å². The second kappa shape index (κ2) is 6.54. The van der Waals surface area contributed by atoms with Gasteiger partial charge >= 0.3 is 0 Å². The number of hydrogen-bond acceptors (Lipinski definition) is 2. The largest absolute Gasteiger partial charge is 0.361 e. The van der Waals surface area contributed by atoms with E-state index in [-0.39, 0.29) is 18.3 Å². The Morgan fingerprint density at radius 3 is 2.96 bits per heavy atom. The van der Waals surface area contributed by atoms with Crippen molar-refractivity contribution >= 4 is 29.2 Å². The highest BCUT2D eigenvalue weighted by molar-refractivity contribution is 5.85. The summed E-state index contributed by atoms with van der Waals surface area (Å²) in [5.41, 5.74) is 8.53. The molecule has 3 unspecified atom stereocenters. The molecule has 0 radical (unpaired) electrons. The van der Waals surface area contributed by atoms with Gasteiger partial charge in [-0.3, -0.25) is 4.79 Å². The molecular weight excluding hydrogens is 310 g/mol. The number of benzene rings is 1. The summed E-state index contributed by atoms with van der Waals surface area (Å²) in [6.45, 7) is 1.80. The topological polar surface area (TPSA) is 62.1 Å². The lowest BCUT2D eigenvalue weighted by Crippen LogP contribution is -2.33. The van der Waals surface area contributed by atoms with Crippen molar-refractivity contribution in [2.45, 2.75) is 31.7 Å². The molecule has 2 heterocycles. The molecule has 1 aliphatic carbocycles. The van der Waals surface area contributed by atoms with E-state index in [4.69, 9.17) is 5.73 Å². The van der Waals surface area contributed by atoms with E-state index >= 15 is 0 Å². The van der Waals surface area contributed by atoms with Gasteiger partial charge in [0, 0.05) is 37.3 Å². The molecule has 2 fully saturated rings. The Kier molecular flexibility index (Phi) is 4.64. The minimum absolute atomic E-state index is 0. The Bertz CT molecular complexity index is 698. The van der Waals surface area contributed by atoms with Crippen LogP contribution in [0.15, 0.2) is 30.5 Å². The summed E-state index contributed by atoms with van der Waals surface area (Å²) in [7, 11) is 0. The van der Waals surface area contributed by atoms with E-state index in [0.29, 0.717) is 24.3 Å². The summed E-state index contributed by atoms with van der Waals surface area (Å²) in [4.78, 5) is 17.7. The van der Waals surface area contributed by atoms with Crippen molar-refractivity contribution in [1.82, 2.24) is 9.88 Å². The minimum Gasteiger partial charge on any atom is -0.361 e. The van der Waals surface area contributed by atoms with Crippen molar-refractivity contribution in [3.63, 3.8) is 0 Å². The Balaban J connectivity index is 0.00000156. The van der Waals surface area contributed by atoms with Gasteiger partial charge < -0.3 is 15.6 Å². The number of nitrogens with zero attached hydrogens (tertiary/aromatic N) is 1. The number of nitrogens with two attached hydrogens (primary N) is 1. The molecule has 1 saturated carbocycles. The molecule has 23 heavy (non-hydrogen) atoms. The molecular formula is C18H24ClN3O. The number of hydrogen-bond donors (Lipinski definition) is 2. The van der Waals surface area contributed by atoms with Crippen LogP contribution in [0.25, 0.3) is 10.9 Å². The van der Waals surface area contributed by atoms with Gasteiger partial charge in [0.15, 0.2) is 0 Å². The molecule has 0 bridgehead atoms. The van der Waals surface area contributed by atoms with Crippen LogP contribution in [0.2, 0.25) is 0 Å². The van der Waals surface area contributed by atoms with Crippen LogP contribution in [-0.4, -0.2) is 34.9 Å².